The number of likely N-dealkylation sites (N-methyl/N-ethyl adjacent to an activating group) is 1. The van der Waals surface area contributed by atoms with E-state index in [1.165, 1.54) is 4.90 Å². The van der Waals surface area contributed by atoms with Gasteiger partial charge < -0.3 is 20.2 Å². The largest absolute Gasteiger partial charge is 0.480 e. The van der Waals surface area contributed by atoms with Gasteiger partial charge in [-0.15, -0.1) is 0 Å². The lowest BCUT2D eigenvalue weighted by molar-refractivity contribution is -0.148. The molecule has 1 rings (SSSR count). The highest BCUT2D eigenvalue weighted by Crippen LogP contribution is 2.18. The molecule has 1 atom stereocenters. The fourth-order valence-corrected chi connectivity index (χ4v) is 2.19. The number of nitrogens with zero attached hydrogens (tertiary/aromatic N) is 2. The number of amides is 2. The molecule has 114 valence electrons. The molecular formula is C13H23N3O4. The van der Waals surface area contributed by atoms with Crippen LogP contribution in [0.5, 0.6) is 0 Å². The summed E-state index contributed by atoms with van der Waals surface area (Å²) < 4.78 is 0. The summed E-state index contributed by atoms with van der Waals surface area (Å²) in [6.45, 7) is 1.76. The van der Waals surface area contributed by atoms with Gasteiger partial charge in [-0.2, -0.15) is 0 Å². The van der Waals surface area contributed by atoms with E-state index in [1.807, 2.05) is 19.0 Å². The number of rotatable bonds is 7. The molecule has 20 heavy (non-hydrogen) atoms. The minimum Gasteiger partial charge on any atom is -0.480 e. The Morgan fingerprint density at radius 1 is 1.30 bits per heavy atom. The summed E-state index contributed by atoms with van der Waals surface area (Å²) in [5, 5.41) is 11.7. The maximum absolute atomic E-state index is 11.9. The zero-order valence-electron chi connectivity index (χ0n) is 12.1. The molecule has 7 nitrogen and oxygen atoms in total. The third-order valence-electron chi connectivity index (χ3n) is 3.31. The van der Waals surface area contributed by atoms with Gasteiger partial charge in [0, 0.05) is 32.5 Å². The van der Waals surface area contributed by atoms with Crippen molar-refractivity contribution in [2.45, 2.75) is 31.7 Å². The molecule has 0 aromatic heterocycles. The SMILES string of the molecule is CN(C)CCNC(=O)CCC(=O)N1CCCC1C(=O)O. The minimum atomic E-state index is -0.966. The summed E-state index contributed by atoms with van der Waals surface area (Å²) >= 11 is 0. The molecule has 0 spiro atoms. The molecule has 1 aliphatic rings. The van der Waals surface area contributed by atoms with E-state index in [-0.39, 0.29) is 24.7 Å². The fraction of sp³-hybridized carbons (Fsp3) is 0.769. The molecule has 0 aromatic rings. The van der Waals surface area contributed by atoms with Crippen LogP contribution in [-0.4, -0.2) is 72.5 Å². The van der Waals surface area contributed by atoms with E-state index < -0.39 is 12.0 Å². The number of hydrogen-bond acceptors (Lipinski definition) is 4. The van der Waals surface area contributed by atoms with Gasteiger partial charge in [0.15, 0.2) is 0 Å². The van der Waals surface area contributed by atoms with Crippen molar-refractivity contribution in [2.75, 3.05) is 33.7 Å². The van der Waals surface area contributed by atoms with E-state index in [1.54, 1.807) is 0 Å². The Labute approximate surface area is 118 Å². The quantitative estimate of drug-likeness (QED) is 0.659. The molecular weight excluding hydrogens is 262 g/mol. The molecule has 2 N–H and O–H groups in total. The number of nitrogens with one attached hydrogen (secondary N) is 1. The van der Waals surface area contributed by atoms with Crippen molar-refractivity contribution in [2.24, 2.45) is 0 Å². The van der Waals surface area contributed by atoms with Crippen molar-refractivity contribution in [3.05, 3.63) is 0 Å². The summed E-state index contributed by atoms with van der Waals surface area (Å²) in [7, 11) is 3.82. The number of carboxylic acid groups (broad SMARTS) is 1. The van der Waals surface area contributed by atoms with Gasteiger partial charge in [0.2, 0.25) is 11.8 Å². The van der Waals surface area contributed by atoms with Gasteiger partial charge >= 0.3 is 5.97 Å². The molecule has 0 radical (unpaired) electrons. The maximum Gasteiger partial charge on any atom is 0.326 e. The monoisotopic (exact) mass is 285 g/mol. The number of carboxylic acids is 1. The van der Waals surface area contributed by atoms with Gasteiger partial charge in [0.1, 0.15) is 6.04 Å². The van der Waals surface area contributed by atoms with Crippen LogP contribution in [-0.2, 0) is 14.4 Å². The average molecular weight is 285 g/mol. The molecule has 2 amide bonds. The average Bonchev–Trinajstić information content (AvgIpc) is 2.84. The normalized spacial score (nSPS) is 18.4. The molecule has 1 saturated heterocycles. The lowest BCUT2D eigenvalue weighted by Crippen LogP contribution is -2.41. The summed E-state index contributed by atoms with van der Waals surface area (Å²) in [6, 6.07) is -0.723. The zero-order valence-corrected chi connectivity index (χ0v) is 12.1. The van der Waals surface area contributed by atoms with Crippen molar-refractivity contribution in [1.82, 2.24) is 15.1 Å². The van der Waals surface area contributed by atoms with Crippen LogP contribution in [0, 0.1) is 0 Å². The highest BCUT2D eigenvalue weighted by molar-refractivity contribution is 5.87. The first-order valence-electron chi connectivity index (χ1n) is 6.85. The Kier molecular flexibility index (Phi) is 6.44. The molecule has 7 heteroatoms. The number of hydrogen-bond donors (Lipinski definition) is 2. The van der Waals surface area contributed by atoms with Gasteiger partial charge in [-0.05, 0) is 26.9 Å². The minimum absolute atomic E-state index is 0.0670. The molecule has 1 heterocycles. The molecule has 1 unspecified atom stereocenters. The number of carbonyl (C=O) groups excluding carboxylic acids is 2. The number of likely N-dealkylation sites (tertiary alicyclic amines) is 1. The van der Waals surface area contributed by atoms with Crippen LogP contribution in [0.3, 0.4) is 0 Å². The van der Waals surface area contributed by atoms with Crippen LogP contribution < -0.4 is 5.32 Å². The first kappa shape index (κ1) is 16.4. The number of carbonyl (C=O) groups is 3. The van der Waals surface area contributed by atoms with Crippen LogP contribution in [0.2, 0.25) is 0 Å². The summed E-state index contributed by atoms with van der Waals surface area (Å²) in [5.41, 5.74) is 0. The van der Waals surface area contributed by atoms with E-state index >= 15 is 0 Å². The molecule has 0 saturated carbocycles. The van der Waals surface area contributed by atoms with Gasteiger partial charge in [-0.3, -0.25) is 9.59 Å². The van der Waals surface area contributed by atoms with Gasteiger partial charge in [0.25, 0.3) is 0 Å². The molecule has 1 fully saturated rings. The van der Waals surface area contributed by atoms with E-state index in [0.29, 0.717) is 25.9 Å². The predicted octanol–water partition coefficient (Wildman–Crippen LogP) is -0.480. The first-order valence-corrected chi connectivity index (χ1v) is 6.85. The lowest BCUT2D eigenvalue weighted by Gasteiger charge is -2.21. The molecule has 0 aliphatic carbocycles. The van der Waals surface area contributed by atoms with Crippen molar-refractivity contribution in [3.63, 3.8) is 0 Å². The van der Waals surface area contributed by atoms with Crippen molar-refractivity contribution in [1.29, 1.82) is 0 Å². The van der Waals surface area contributed by atoms with Crippen LogP contribution in [0.1, 0.15) is 25.7 Å². The highest BCUT2D eigenvalue weighted by Gasteiger charge is 2.33. The van der Waals surface area contributed by atoms with Crippen molar-refractivity contribution < 1.29 is 19.5 Å². The standard InChI is InChI=1S/C13H23N3O4/c1-15(2)9-7-14-11(17)5-6-12(18)16-8-3-4-10(16)13(19)20/h10H,3-9H2,1-2H3,(H,14,17)(H,19,20). The van der Waals surface area contributed by atoms with Gasteiger partial charge in [-0.1, -0.05) is 0 Å². The predicted molar refractivity (Wildman–Crippen MR) is 73.2 cm³/mol. The Morgan fingerprint density at radius 3 is 2.60 bits per heavy atom. The van der Waals surface area contributed by atoms with Crippen molar-refractivity contribution >= 4 is 17.8 Å². The first-order chi connectivity index (χ1) is 9.41. The third kappa shape index (κ3) is 5.16. The van der Waals surface area contributed by atoms with Crippen LogP contribution in [0.15, 0.2) is 0 Å². The smallest absolute Gasteiger partial charge is 0.326 e. The van der Waals surface area contributed by atoms with Gasteiger partial charge in [0.05, 0.1) is 0 Å². The number of aliphatic carboxylic acids is 1. The van der Waals surface area contributed by atoms with Crippen LogP contribution in [0.25, 0.3) is 0 Å². The Hall–Kier alpha value is -1.63. The highest BCUT2D eigenvalue weighted by atomic mass is 16.4. The second-order valence-electron chi connectivity index (χ2n) is 5.24. The second-order valence-corrected chi connectivity index (χ2v) is 5.24. The van der Waals surface area contributed by atoms with Crippen LogP contribution in [0.4, 0.5) is 0 Å². The maximum atomic E-state index is 11.9. The molecule has 1 aliphatic heterocycles. The second kappa shape index (κ2) is 7.84. The lowest BCUT2D eigenvalue weighted by atomic mass is 10.2. The fourth-order valence-electron chi connectivity index (χ4n) is 2.19. The van der Waals surface area contributed by atoms with Gasteiger partial charge in [-0.25, -0.2) is 4.79 Å². The summed E-state index contributed by atoms with van der Waals surface area (Å²) in [6.07, 6.45) is 1.38. The van der Waals surface area contributed by atoms with Crippen molar-refractivity contribution in [3.8, 4) is 0 Å². The Bertz CT molecular complexity index is 371. The third-order valence-corrected chi connectivity index (χ3v) is 3.31. The Morgan fingerprint density at radius 2 is 2.00 bits per heavy atom. The molecule has 0 bridgehead atoms. The molecule has 0 aromatic carbocycles. The van der Waals surface area contributed by atoms with E-state index in [9.17, 15) is 14.4 Å². The van der Waals surface area contributed by atoms with E-state index in [4.69, 9.17) is 5.11 Å². The van der Waals surface area contributed by atoms with Crippen LogP contribution >= 0.6 is 0 Å². The zero-order chi connectivity index (χ0) is 15.1. The summed E-state index contributed by atoms with van der Waals surface area (Å²) in [5.74, 6) is -1.39. The summed E-state index contributed by atoms with van der Waals surface area (Å²) in [4.78, 5) is 37.8. The topological polar surface area (TPSA) is 90.0 Å². The van der Waals surface area contributed by atoms with E-state index in [0.717, 1.165) is 6.54 Å². The Balaban J connectivity index is 2.28. The van der Waals surface area contributed by atoms with E-state index in [2.05, 4.69) is 5.32 Å².